The highest BCUT2D eigenvalue weighted by atomic mass is 16.3. The number of hydrogen-bond donors (Lipinski definition) is 1. The zero-order valence-electron chi connectivity index (χ0n) is 5.74. The van der Waals surface area contributed by atoms with Crippen LogP contribution in [0.3, 0.4) is 0 Å². The summed E-state index contributed by atoms with van der Waals surface area (Å²) in [6, 6.07) is 7.60. The van der Waals surface area contributed by atoms with Crippen molar-refractivity contribution in [3.8, 4) is 0 Å². The van der Waals surface area contributed by atoms with Crippen molar-refractivity contribution in [2.75, 3.05) is 0 Å². The van der Waals surface area contributed by atoms with Gasteiger partial charge in [-0.3, -0.25) is 0 Å². The molecule has 1 aromatic heterocycles. The molecule has 3 nitrogen and oxygen atoms in total. The molecule has 0 spiro atoms. The molecule has 0 atom stereocenters. The molecule has 0 saturated heterocycles. The fourth-order valence-corrected chi connectivity index (χ4v) is 1.14. The number of aromatic nitrogens is 1. The van der Waals surface area contributed by atoms with Gasteiger partial charge in [-0.1, -0.05) is 24.3 Å². The van der Waals surface area contributed by atoms with E-state index >= 15 is 0 Å². The minimum atomic E-state index is 0.403. The van der Waals surface area contributed by atoms with Gasteiger partial charge in [0, 0.05) is 17.0 Å². The van der Waals surface area contributed by atoms with E-state index < -0.39 is 0 Å². The van der Waals surface area contributed by atoms with Gasteiger partial charge < -0.3 is 4.98 Å². The van der Waals surface area contributed by atoms with Gasteiger partial charge in [0.25, 0.3) is 0 Å². The van der Waals surface area contributed by atoms with Crippen molar-refractivity contribution in [3.05, 3.63) is 35.4 Å². The van der Waals surface area contributed by atoms with Crippen LogP contribution in [0.1, 0.15) is 0 Å². The van der Waals surface area contributed by atoms with Crippen LogP contribution in [0.25, 0.3) is 10.8 Å². The largest absolute Gasteiger partial charge is 0.343 e. The van der Waals surface area contributed by atoms with Gasteiger partial charge in [-0.2, -0.15) is 0 Å². The molecule has 54 valence electrons. The van der Waals surface area contributed by atoms with Crippen molar-refractivity contribution in [1.29, 1.82) is 0 Å². The van der Waals surface area contributed by atoms with Crippen LogP contribution in [0.4, 0.5) is 5.82 Å². The third kappa shape index (κ3) is 0.816. The van der Waals surface area contributed by atoms with Crippen LogP contribution in [-0.2, 0) is 0 Å². The minimum absolute atomic E-state index is 0.403. The average Bonchev–Trinajstić information content (AvgIpc) is 2.47. The Balaban J connectivity index is 2.86. The lowest BCUT2D eigenvalue weighted by atomic mass is 10.2. The average molecular weight is 146 g/mol. The Hall–Kier alpha value is -1.64. The quantitative estimate of drug-likeness (QED) is 0.617. The molecule has 0 aliphatic heterocycles. The highest BCUT2D eigenvalue weighted by Crippen LogP contribution is 2.23. The number of rotatable bonds is 1. The van der Waals surface area contributed by atoms with E-state index in [4.69, 9.17) is 0 Å². The van der Waals surface area contributed by atoms with Crippen molar-refractivity contribution in [1.82, 2.24) is 4.98 Å². The van der Waals surface area contributed by atoms with E-state index in [0.717, 1.165) is 10.8 Å². The summed E-state index contributed by atoms with van der Waals surface area (Å²) in [5.41, 5.74) is 0. The summed E-state index contributed by atoms with van der Waals surface area (Å²) in [6.45, 7) is 0. The van der Waals surface area contributed by atoms with Gasteiger partial charge in [-0.15, -0.1) is 4.91 Å². The summed E-state index contributed by atoms with van der Waals surface area (Å²) in [4.78, 5) is 13.0. The maximum Gasteiger partial charge on any atom is 0.182 e. The summed E-state index contributed by atoms with van der Waals surface area (Å²) >= 11 is 0. The monoisotopic (exact) mass is 146 g/mol. The first kappa shape index (κ1) is 6.09. The fraction of sp³-hybridized carbons (Fsp3) is 0. The second kappa shape index (κ2) is 2.20. The van der Waals surface area contributed by atoms with E-state index in [1.807, 2.05) is 24.3 Å². The van der Waals surface area contributed by atoms with Crippen LogP contribution in [0.15, 0.2) is 35.6 Å². The zero-order chi connectivity index (χ0) is 7.68. The summed E-state index contributed by atoms with van der Waals surface area (Å²) in [7, 11) is 0. The summed E-state index contributed by atoms with van der Waals surface area (Å²) in [5, 5.41) is 4.75. The van der Waals surface area contributed by atoms with E-state index in [-0.39, 0.29) is 0 Å². The van der Waals surface area contributed by atoms with Crippen molar-refractivity contribution in [3.63, 3.8) is 0 Å². The molecule has 0 saturated carbocycles. The van der Waals surface area contributed by atoms with Crippen LogP contribution < -0.4 is 0 Å². The zero-order valence-corrected chi connectivity index (χ0v) is 5.74. The molecular weight excluding hydrogens is 140 g/mol. The Morgan fingerprint density at radius 2 is 2.09 bits per heavy atom. The number of benzene rings is 1. The first-order chi connectivity index (χ1) is 5.42. The Morgan fingerprint density at radius 3 is 2.91 bits per heavy atom. The van der Waals surface area contributed by atoms with Crippen LogP contribution in [0.5, 0.6) is 0 Å². The van der Waals surface area contributed by atoms with Gasteiger partial charge in [-0.05, 0) is 5.18 Å². The maximum absolute atomic E-state index is 10.2. The van der Waals surface area contributed by atoms with Crippen LogP contribution in [-0.4, -0.2) is 4.98 Å². The molecule has 3 heteroatoms. The Kier molecular flexibility index (Phi) is 1.22. The number of fused-ring (bicyclic) bond motifs is 1. The van der Waals surface area contributed by atoms with Crippen LogP contribution >= 0.6 is 0 Å². The van der Waals surface area contributed by atoms with E-state index in [1.54, 1.807) is 6.20 Å². The summed E-state index contributed by atoms with van der Waals surface area (Å²) < 4.78 is 0. The summed E-state index contributed by atoms with van der Waals surface area (Å²) in [5.74, 6) is 0.403. The lowest BCUT2D eigenvalue weighted by Gasteiger charge is -1.85. The minimum Gasteiger partial charge on any atom is -0.343 e. The first-order valence-electron chi connectivity index (χ1n) is 3.31. The lowest BCUT2D eigenvalue weighted by Crippen LogP contribution is -1.61. The van der Waals surface area contributed by atoms with Gasteiger partial charge >= 0.3 is 0 Å². The number of H-pyrrole nitrogens is 1. The van der Waals surface area contributed by atoms with Crippen molar-refractivity contribution < 1.29 is 0 Å². The Labute approximate surface area is 63.0 Å². The molecule has 0 radical (unpaired) electrons. The lowest BCUT2D eigenvalue weighted by molar-refractivity contribution is 1.34. The van der Waals surface area contributed by atoms with Crippen LogP contribution in [0.2, 0.25) is 0 Å². The molecule has 0 bridgehead atoms. The molecule has 0 amide bonds. The van der Waals surface area contributed by atoms with Crippen LogP contribution in [0, 0.1) is 4.91 Å². The highest BCUT2D eigenvalue weighted by Gasteiger charge is 2.00. The normalized spacial score (nSPS) is 10.2. The SMILES string of the molecule is O=Nc1[nH]cc2ccccc12. The standard InChI is InChI=1S/C8H6N2O/c11-10-8-7-4-2-1-3-6(7)5-9-8/h1-5,9H. The highest BCUT2D eigenvalue weighted by molar-refractivity contribution is 5.91. The van der Waals surface area contributed by atoms with Gasteiger partial charge in [0.2, 0.25) is 0 Å². The van der Waals surface area contributed by atoms with Gasteiger partial charge in [-0.25, -0.2) is 0 Å². The van der Waals surface area contributed by atoms with E-state index in [9.17, 15) is 4.91 Å². The van der Waals surface area contributed by atoms with E-state index in [1.165, 1.54) is 0 Å². The molecule has 0 aliphatic carbocycles. The predicted molar refractivity (Wildman–Crippen MR) is 43.8 cm³/mol. The topological polar surface area (TPSA) is 45.2 Å². The molecule has 0 aliphatic rings. The van der Waals surface area contributed by atoms with Crippen molar-refractivity contribution >= 4 is 16.6 Å². The number of nitrogens with zero attached hydrogens (tertiary/aromatic N) is 1. The molecule has 0 unspecified atom stereocenters. The number of nitrogens with one attached hydrogen (secondary N) is 1. The molecule has 2 rings (SSSR count). The second-order valence-corrected chi connectivity index (χ2v) is 2.32. The number of nitroso groups, excluding NO2 is 1. The number of hydrogen-bond acceptors (Lipinski definition) is 2. The molecule has 1 aromatic carbocycles. The van der Waals surface area contributed by atoms with Gasteiger partial charge in [0.15, 0.2) is 5.82 Å². The molecular formula is C8H6N2O. The third-order valence-electron chi connectivity index (χ3n) is 1.67. The fourth-order valence-electron chi connectivity index (χ4n) is 1.14. The Bertz CT molecular complexity index is 392. The van der Waals surface area contributed by atoms with E-state index in [0.29, 0.717) is 5.82 Å². The van der Waals surface area contributed by atoms with E-state index in [2.05, 4.69) is 10.2 Å². The molecule has 1 N–H and O–H groups in total. The smallest absolute Gasteiger partial charge is 0.182 e. The predicted octanol–water partition coefficient (Wildman–Crippen LogP) is 2.57. The van der Waals surface area contributed by atoms with Gasteiger partial charge in [0.1, 0.15) is 0 Å². The molecule has 1 heterocycles. The van der Waals surface area contributed by atoms with Gasteiger partial charge in [0.05, 0.1) is 0 Å². The molecule has 11 heavy (non-hydrogen) atoms. The third-order valence-corrected chi connectivity index (χ3v) is 1.67. The number of aromatic amines is 1. The summed E-state index contributed by atoms with van der Waals surface area (Å²) in [6.07, 6.45) is 1.77. The molecule has 0 fully saturated rings. The second-order valence-electron chi connectivity index (χ2n) is 2.32. The maximum atomic E-state index is 10.2. The molecule has 2 aromatic rings. The Morgan fingerprint density at radius 1 is 1.27 bits per heavy atom. The van der Waals surface area contributed by atoms with Crippen molar-refractivity contribution in [2.24, 2.45) is 5.18 Å². The first-order valence-corrected chi connectivity index (χ1v) is 3.31. The van der Waals surface area contributed by atoms with Crippen molar-refractivity contribution in [2.45, 2.75) is 0 Å².